The van der Waals surface area contributed by atoms with Crippen LogP contribution in [-0.4, -0.2) is 17.1 Å². The van der Waals surface area contributed by atoms with Crippen LogP contribution in [0.2, 0.25) is 0 Å². The van der Waals surface area contributed by atoms with Gasteiger partial charge in [0.05, 0.1) is 18.1 Å². The summed E-state index contributed by atoms with van der Waals surface area (Å²) in [6, 6.07) is 16.6. The van der Waals surface area contributed by atoms with Gasteiger partial charge in [-0.2, -0.15) is 0 Å². The van der Waals surface area contributed by atoms with Crippen LogP contribution in [0.1, 0.15) is 29.8 Å². The number of methoxy groups -OCH3 is 1. The Kier molecular flexibility index (Phi) is 5.16. The standard InChI is InChI=1S/C23H20F2N2O2/c1-14(23-26-21-10-8-19(28-2)12-22(21)27-23)15-3-6-18(7-4-15)29-13-16-11-17(24)5-9-20(16)25/h3-12,14H,13H2,1-2H3,(H,26,27). The Balaban J connectivity index is 1.47. The number of nitrogens with zero attached hydrogens (tertiary/aromatic N) is 1. The highest BCUT2D eigenvalue weighted by molar-refractivity contribution is 5.77. The number of halogens is 2. The fourth-order valence-corrected chi connectivity index (χ4v) is 3.16. The summed E-state index contributed by atoms with van der Waals surface area (Å²) in [5.41, 5.74) is 3.04. The molecule has 0 radical (unpaired) electrons. The van der Waals surface area contributed by atoms with Crippen molar-refractivity contribution >= 4 is 11.0 Å². The second-order valence-electron chi connectivity index (χ2n) is 6.82. The van der Waals surface area contributed by atoms with Gasteiger partial charge in [-0.3, -0.25) is 0 Å². The first-order chi connectivity index (χ1) is 14.0. The van der Waals surface area contributed by atoms with Crippen LogP contribution in [0.4, 0.5) is 8.78 Å². The zero-order valence-corrected chi connectivity index (χ0v) is 16.1. The summed E-state index contributed by atoms with van der Waals surface area (Å²) in [5, 5.41) is 0. The monoisotopic (exact) mass is 394 g/mol. The Morgan fingerprint density at radius 3 is 2.48 bits per heavy atom. The summed E-state index contributed by atoms with van der Waals surface area (Å²) >= 11 is 0. The molecule has 0 saturated carbocycles. The van der Waals surface area contributed by atoms with E-state index in [2.05, 4.69) is 16.9 Å². The molecule has 0 aliphatic heterocycles. The second-order valence-corrected chi connectivity index (χ2v) is 6.82. The maximum Gasteiger partial charge on any atom is 0.130 e. The van der Waals surface area contributed by atoms with Crippen molar-refractivity contribution < 1.29 is 18.3 Å². The Morgan fingerprint density at radius 2 is 1.72 bits per heavy atom. The van der Waals surface area contributed by atoms with Crippen LogP contribution in [0.25, 0.3) is 11.0 Å². The SMILES string of the molecule is COc1ccc2[nH]c(C(C)c3ccc(OCc4cc(F)ccc4F)cc3)nc2c1. The maximum absolute atomic E-state index is 13.7. The second kappa shape index (κ2) is 7.91. The third-order valence-electron chi connectivity index (χ3n) is 4.90. The smallest absolute Gasteiger partial charge is 0.130 e. The lowest BCUT2D eigenvalue weighted by Gasteiger charge is -2.11. The number of aromatic nitrogens is 2. The molecule has 0 bridgehead atoms. The number of fused-ring (bicyclic) bond motifs is 1. The average molecular weight is 394 g/mol. The summed E-state index contributed by atoms with van der Waals surface area (Å²) in [5.74, 6) is 1.26. The van der Waals surface area contributed by atoms with Crippen molar-refractivity contribution in [3.05, 3.63) is 89.2 Å². The van der Waals surface area contributed by atoms with Gasteiger partial charge in [0.1, 0.15) is 35.6 Å². The highest BCUT2D eigenvalue weighted by Crippen LogP contribution is 2.27. The quantitative estimate of drug-likeness (QED) is 0.464. The molecule has 1 heterocycles. The largest absolute Gasteiger partial charge is 0.497 e. The highest BCUT2D eigenvalue weighted by Gasteiger charge is 2.14. The molecule has 148 valence electrons. The van der Waals surface area contributed by atoms with Crippen molar-refractivity contribution in [3.63, 3.8) is 0 Å². The predicted octanol–water partition coefficient (Wildman–Crippen LogP) is 5.58. The molecule has 3 aromatic carbocycles. The van der Waals surface area contributed by atoms with Gasteiger partial charge in [0.15, 0.2) is 0 Å². The fourth-order valence-electron chi connectivity index (χ4n) is 3.16. The van der Waals surface area contributed by atoms with Crippen molar-refractivity contribution in [1.82, 2.24) is 9.97 Å². The molecule has 1 unspecified atom stereocenters. The zero-order valence-electron chi connectivity index (χ0n) is 16.1. The van der Waals surface area contributed by atoms with E-state index in [4.69, 9.17) is 9.47 Å². The van der Waals surface area contributed by atoms with Gasteiger partial charge in [-0.1, -0.05) is 19.1 Å². The molecule has 0 saturated heterocycles. The van der Waals surface area contributed by atoms with E-state index in [1.54, 1.807) is 7.11 Å². The molecule has 0 spiro atoms. The molecule has 0 aliphatic carbocycles. The van der Waals surface area contributed by atoms with E-state index in [0.717, 1.165) is 46.4 Å². The first-order valence-electron chi connectivity index (χ1n) is 9.24. The van der Waals surface area contributed by atoms with Crippen molar-refractivity contribution in [2.24, 2.45) is 0 Å². The van der Waals surface area contributed by atoms with Gasteiger partial charge in [-0.25, -0.2) is 13.8 Å². The van der Waals surface area contributed by atoms with E-state index >= 15 is 0 Å². The van der Waals surface area contributed by atoms with Crippen LogP contribution < -0.4 is 9.47 Å². The van der Waals surface area contributed by atoms with Crippen LogP contribution >= 0.6 is 0 Å². The third kappa shape index (κ3) is 4.06. The number of imidazole rings is 1. The topological polar surface area (TPSA) is 47.1 Å². The minimum atomic E-state index is -0.488. The van der Waals surface area contributed by atoms with Gasteiger partial charge in [-0.15, -0.1) is 0 Å². The predicted molar refractivity (Wildman–Crippen MR) is 107 cm³/mol. The van der Waals surface area contributed by atoms with Crippen molar-refractivity contribution in [2.45, 2.75) is 19.4 Å². The van der Waals surface area contributed by atoms with E-state index in [9.17, 15) is 8.78 Å². The van der Waals surface area contributed by atoms with E-state index in [-0.39, 0.29) is 18.1 Å². The van der Waals surface area contributed by atoms with E-state index < -0.39 is 11.6 Å². The van der Waals surface area contributed by atoms with Crippen LogP contribution in [0.15, 0.2) is 60.7 Å². The average Bonchev–Trinajstić information content (AvgIpc) is 3.17. The summed E-state index contributed by atoms with van der Waals surface area (Å²) < 4.78 is 37.8. The molecule has 0 aliphatic rings. The van der Waals surface area contributed by atoms with E-state index in [0.29, 0.717) is 5.75 Å². The molecule has 0 amide bonds. The van der Waals surface area contributed by atoms with Crippen LogP contribution in [-0.2, 0) is 6.61 Å². The number of rotatable bonds is 6. The molecule has 4 nitrogen and oxygen atoms in total. The number of ether oxygens (including phenoxy) is 2. The number of aromatic amines is 1. The number of H-pyrrole nitrogens is 1. The van der Waals surface area contributed by atoms with Crippen molar-refractivity contribution in [1.29, 1.82) is 0 Å². The molecule has 4 aromatic rings. The molecular weight excluding hydrogens is 374 g/mol. The van der Waals surface area contributed by atoms with Gasteiger partial charge >= 0.3 is 0 Å². The Bertz CT molecular complexity index is 1140. The first-order valence-corrected chi connectivity index (χ1v) is 9.24. The van der Waals surface area contributed by atoms with Gasteiger partial charge in [0.25, 0.3) is 0 Å². The van der Waals surface area contributed by atoms with Crippen LogP contribution in [0.5, 0.6) is 11.5 Å². The summed E-state index contributed by atoms with van der Waals surface area (Å²) in [6.07, 6.45) is 0. The maximum atomic E-state index is 13.7. The van der Waals surface area contributed by atoms with Crippen LogP contribution in [0.3, 0.4) is 0 Å². The minimum absolute atomic E-state index is 0.0378. The van der Waals surface area contributed by atoms with Crippen molar-refractivity contribution in [2.75, 3.05) is 7.11 Å². The number of benzene rings is 3. The lowest BCUT2D eigenvalue weighted by molar-refractivity contribution is 0.299. The lowest BCUT2D eigenvalue weighted by atomic mass is 10.0. The Hall–Kier alpha value is -3.41. The van der Waals surface area contributed by atoms with E-state index in [1.165, 1.54) is 0 Å². The summed E-state index contributed by atoms with van der Waals surface area (Å²) in [6.45, 7) is 2.02. The van der Waals surface area contributed by atoms with Gasteiger partial charge in [-0.05, 0) is 48.0 Å². The van der Waals surface area contributed by atoms with Gasteiger partial charge in [0.2, 0.25) is 0 Å². The molecule has 6 heteroatoms. The Labute approximate surface area is 167 Å². The molecular formula is C23H20F2N2O2. The molecule has 0 fully saturated rings. The number of nitrogens with one attached hydrogen (secondary N) is 1. The fraction of sp³-hybridized carbons (Fsp3) is 0.174. The molecule has 1 aromatic heterocycles. The number of hydrogen-bond acceptors (Lipinski definition) is 3. The highest BCUT2D eigenvalue weighted by atomic mass is 19.1. The molecule has 1 N–H and O–H groups in total. The Morgan fingerprint density at radius 1 is 0.966 bits per heavy atom. The van der Waals surface area contributed by atoms with E-state index in [1.807, 2.05) is 42.5 Å². The first kappa shape index (κ1) is 18.9. The van der Waals surface area contributed by atoms with Crippen LogP contribution in [0, 0.1) is 11.6 Å². The normalized spacial score (nSPS) is 12.1. The minimum Gasteiger partial charge on any atom is -0.497 e. The lowest BCUT2D eigenvalue weighted by Crippen LogP contribution is -2.01. The molecule has 1 atom stereocenters. The summed E-state index contributed by atoms with van der Waals surface area (Å²) in [7, 11) is 1.63. The van der Waals surface area contributed by atoms with Crippen molar-refractivity contribution in [3.8, 4) is 11.5 Å². The molecule has 29 heavy (non-hydrogen) atoms. The number of hydrogen-bond donors (Lipinski definition) is 1. The molecule has 4 rings (SSSR count). The van der Waals surface area contributed by atoms with Gasteiger partial charge < -0.3 is 14.5 Å². The summed E-state index contributed by atoms with van der Waals surface area (Å²) in [4.78, 5) is 8.01. The van der Waals surface area contributed by atoms with Gasteiger partial charge in [0, 0.05) is 17.5 Å². The zero-order chi connectivity index (χ0) is 20.4. The third-order valence-corrected chi connectivity index (χ3v) is 4.90.